The van der Waals surface area contributed by atoms with Gasteiger partial charge in [-0.05, 0) is 33.8 Å². The van der Waals surface area contributed by atoms with Crippen molar-refractivity contribution in [3.8, 4) is 0 Å². The van der Waals surface area contributed by atoms with Crippen molar-refractivity contribution < 1.29 is 9.15 Å². The number of hydrogen-bond acceptors (Lipinski definition) is 3. The molecule has 1 aromatic heterocycles. The van der Waals surface area contributed by atoms with Gasteiger partial charge in [0.05, 0.1) is 26.0 Å². The first-order valence-electron chi connectivity index (χ1n) is 6.02. The number of nitrogens with one attached hydrogen (secondary N) is 1. The van der Waals surface area contributed by atoms with Gasteiger partial charge in [-0.25, -0.2) is 0 Å². The van der Waals surface area contributed by atoms with Crippen molar-refractivity contribution in [1.29, 1.82) is 0 Å². The summed E-state index contributed by atoms with van der Waals surface area (Å²) in [5, 5.41) is 3.40. The lowest BCUT2D eigenvalue weighted by Crippen LogP contribution is -2.35. The molecule has 0 aliphatic heterocycles. The number of furan rings is 1. The summed E-state index contributed by atoms with van der Waals surface area (Å²) >= 11 is 0. The lowest BCUT2D eigenvalue weighted by atomic mass is 10.1. The van der Waals surface area contributed by atoms with Crippen molar-refractivity contribution in [1.82, 2.24) is 5.32 Å². The van der Waals surface area contributed by atoms with Gasteiger partial charge in [0.1, 0.15) is 5.76 Å². The fourth-order valence-corrected chi connectivity index (χ4v) is 1.33. The van der Waals surface area contributed by atoms with E-state index < -0.39 is 0 Å². The van der Waals surface area contributed by atoms with E-state index in [9.17, 15) is 0 Å². The Morgan fingerprint density at radius 2 is 2.18 bits per heavy atom. The molecule has 1 rings (SSSR count). The third kappa shape index (κ3) is 5.71. The molecule has 0 spiro atoms. The second kappa shape index (κ2) is 6.62. The van der Waals surface area contributed by atoms with Crippen LogP contribution in [0.5, 0.6) is 0 Å². The summed E-state index contributed by atoms with van der Waals surface area (Å²) in [4.78, 5) is 0. The van der Waals surface area contributed by atoms with Gasteiger partial charge in [-0.3, -0.25) is 0 Å². The molecule has 0 aliphatic carbocycles. The minimum atomic E-state index is 0.0931. The summed E-state index contributed by atoms with van der Waals surface area (Å²) in [6.07, 6.45) is 5.69. The van der Waals surface area contributed by atoms with Gasteiger partial charge in [-0.1, -0.05) is 12.2 Å². The highest BCUT2D eigenvalue weighted by Crippen LogP contribution is 2.13. The Morgan fingerprint density at radius 3 is 2.82 bits per heavy atom. The molecule has 0 atom stereocenters. The van der Waals surface area contributed by atoms with E-state index >= 15 is 0 Å². The second-order valence-electron chi connectivity index (χ2n) is 5.06. The highest BCUT2D eigenvalue weighted by Gasteiger charge is 2.12. The van der Waals surface area contributed by atoms with Crippen LogP contribution in [0.4, 0.5) is 0 Å². The van der Waals surface area contributed by atoms with E-state index in [0.29, 0.717) is 13.2 Å². The molecule has 0 unspecified atom stereocenters. The molecule has 1 N–H and O–H groups in total. The summed E-state index contributed by atoms with van der Waals surface area (Å²) in [6.45, 7) is 10.4. The van der Waals surface area contributed by atoms with Gasteiger partial charge in [-0.15, -0.1) is 0 Å². The van der Waals surface area contributed by atoms with Gasteiger partial charge in [0.15, 0.2) is 0 Å². The zero-order valence-electron chi connectivity index (χ0n) is 11.2. The van der Waals surface area contributed by atoms with Crippen LogP contribution in [0.2, 0.25) is 0 Å². The minimum absolute atomic E-state index is 0.0931. The van der Waals surface area contributed by atoms with Gasteiger partial charge in [0.2, 0.25) is 0 Å². The van der Waals surface area contributed by atoms with Crippen LogP contribution in [-0.2, 0) is 17.9 Å². The summed E-state index contributed by atoms with van der Waals surface area (Å²) in [5.74, 6) is 0.959. The number of hydrogen-bond donors (Lipinski definition) is 1. The van der Waals surface area contributed by atoms with E-state index in [1.54, 1.807) is 6.26 Å². The fraction of sp³-hybridized carbons (Fsp3) is 0.571. The molecular weight excluding hydrogens is 214 g/mol. The summed E-state index contributed by atoms with van der Waals surface area (Å²) in [6, 6.07) is 1.97. The smallest absolute Gasteiger partial charge is 0.123 e. The molecule has 0 aliphatic rings. The molecule has 3 nitrogen and oxygen atoms in total. The minimum Gasteiger partial charge on any atom is -0.468 e. The Labute approximate surface area is 104 Å². The zero-order chi connectivity index (χ0) is 12.7. The molecule has 0 amide bonds. The van der Waals surface area contributed by atoms with Crippen molar-refractivity contribution in [3.05, 3.63) is 35.8 Å². The molecule has 0 fully saturated rings. The average Bonchev–Trinajstić information content (AvgIpc) is 2.68. The largest absolute Gasteiger partial charge is 0.468 e. The monoisotopic (exact) mass is 237 g/mol. The predicted molar refractivity (Wildman–Crippen MR) is 69.8 cm³/mol. The van der Waals surface area contributed by atoms with Crippen LogP contribution in [0.15, 0.2) is 28.9 Å². The Morgan fingerprint density at radius 1 is 1.41 bits per heavy atom. The fourth-order valence-electron chi connectivity index (χ4n) is 1.33. The molecule has 3 heteroatoms. The van der Waals surface area contributed by atoms with E-state index in [4.69, 9.17) is 9.15 Å². The van der Waals surface area contributed by atoms with E-state index in [1.807, 2.05) is 25.1 Å². The van der Waals surface area contributed by atoms with Crippen LogP contribution < -0.4 is 5.32 Å². The molecular formula is C14H23NO2. The molecule has 0 aromatic carbocycles. The first-order valence-corrected chi connectivity index (χ1v) is 6.02. The van der Waals surface area contributed by atoms with Gasteiger partial charge < -0.3 is 14.5 Å². The van der Waals surface area contributed by atoms with E-state index in [1.165, 1.54) is 0 Å². The quantitative estimate of drug-likeness (QED) is 0.609. The molecule has 0 saturated heterocycles. The third-order valence-electron chi connectivity index (χ3n) is 2.32. The van der Waals surface area contributed by atoms with Crippen LogP contribution in [0.25, 0.3) is 0 Å². The molecule has 0 radical (unpaired) electrons. The first-order chi connectivity index (χ1) is 8.03. The highest BCUT2D eigenvalue weighted by molar-refractivity contribution is 5.16. The van der Waals surface area contributed by atoms with E-state index in [2.05, 4.69) is 26.1 Å². The Kier molecular flexibility index (Phi) is 5.45. The zero-order valence-corrected chi connectivity index (χ0v) is 11.2. The van der Waals surface area contributed by atoms with Crippen LogP contribution in [-0.4, -0.2) is 12.1 Å². The number of rotatable bonds is 6. The molecule has 0 bridgehead atoms. The molecule has 17 heavy (non-hydrogen) atoms. The summed E-state index contributed by atoms with van der Waals surface area (Å²) < 4.78 is 11.0. The van der Waals surface area contributed by atoms with Crippen LogP contribution in [0.1, 0.15) is 39.0 Å². The molecule has 1 aromatic rings. The topological polar surface area (TPSA) is 34.4 Å². The van der Waals surface area contributed by atoms with Crippen LogP contribution in [0, 0.1) is 0 Å². The lowest BCUT2D eigenvalue weighted by Gasteiger charge is -2.20. The van der Waals surface area contributed by atoms with Crippen molar-refractivity contribution in [2.75, 3.05) is 6.61 Å². The predicted octanol–water partition coefficient (Wildman–Crippen LogP) is 3.26. The summed E-state index contributed by atoms with van der Waals surface area (Å²) in [7, 11) is 0. The first kappa shape index (κ1) is 14.0. The van der Waals surface area contributed by atoms with Gasteiger partial charge in [-0.2, -0.15) is 0 Å². The molecule has 96 valence electrons. The Balaban J connectivity index is 2.42. The van der Waals surface area contributed by atoms with Crippen molar-refractivity contribution in [2.45, 2.75) is 46.4 Å². The third-order valence-corrected chi connectivity index (χ3v) is 2.32. The van der Waals surface area contributed by atoms with Crippen molar-refractivity contribution >= 4 is 0 Å². The maximum absolute atomic E-state index is 5.52. The normalized spacial score (nSPS) is 12.5. The van der Waals surface area contributed by atoms with Gasteiger partial charge in [0.25, 0.3) is 0 Å². The van der Waals surface area contributed by atoms with Crippen molar-refractivity contribution in [3.63, 3.8) is 0 Å². The maximum Gasteiger partial charge on any atom is 0.123 e. The van der Waals surface area contributed by atoms with Gasteiger partial charge >= 0.3 is 0 Å². The maximum atomic E-state index is 5.52. The molecule has 0 saturated carbocycles. The average molecular weight is 237 g/mol. The SMILES string of the molecule is CC=CCOCc1ccoc1CNC(C)(C)C. The van der Waals surface area contributed by atoms with Crippen LogP contribution in [0.3, 0.4) is 0 Å². The Hall–Kier alpha value is -1.06. The second-order valence-corrected chi connectivity index (χ2v) is 5.06. The number of allylic oxidation sites excluding steroid dienone is 1. The lowest BCUT2D eigenvalue weighted by molar-refractivity contribution is 0.146. The van der Waals surface area contributed by atoms with Gasteiger partial charge in [0, 0.05) is 11.1 Å². The Bertz CT molecular complexity index is 347. The van der Waals surface area contributed by atoms with E-state index in [-0.39, 0.29) is 5.54 Å². The molecule has 1 heterocycles. The summed E-state index contributed by atoms with van der Waals surface area (Å²) in [5.41, 5.74) is 1.21. The van der Waals surface area contributed by atoms with Crippen LogP contribution >= 0.6 is 0 Å². The highest BCUT2D eigenvalue weighted by atomic mass is 16.5. The van der Waals surface area contributed by atoms with E-state index in [0.717, 1.165) is 17.9 Å². The number of ether oxygens (including phenoxy) is 1. The standard InChI is InChI=1S/C14H23NO2/c1-5-6-8-16-11-12-7-9-17-13(12)10-15-14(2,3)4/h5-7,9,15H,8,10-11H2,1-4H3. The van der Waals surface area contributed by atoms with Crippen molar-refractivity contribution in [2.24, 2.45) is 0 Å².